The lowest BCUT2D eigenvalue weighted by molar-refractivity contribution is -0.118. The number of aliphatic hydroxyl groups is 1. The van der Waals surface area contributed by atoms with Gasteiger partial charge in [-0.15, -0.1) is 0 Å². The minimum atomic E-state index is -1.25. The molecule has 160 valence electrons. The molecule has 1 aliphatic carbocycles. The maximum Gasteiger partial charge on any atom is 0.338 e. The highest BCUT2D eigenvalue weighted by Crippen LogP contribution is 2.45. The number of hydrogen-bond acceptors (Lipinski definition) is 5. The summed E-state index contributed by atoms with van der Waals surface area (Å²) in [5.41, 5.74) is 0.162. The van der Waals surface area contributed by atoms with E-state index < -0.39 is 41.1 Å². The number of carbonyl (C=O) groups excluding carboxylic acids is 3. The van der Waals surface area contributed by atoms with Crippen molar-refractivity contribution in [3.63, 3.8) is 0 Å². The largest absolute Gasteiger partial charge is 0.503 e. The zero-order valence-electron chi connectivity index (χ0n) is 16.6. The monoisotopic (exact) mass is 427 g/mol. The standard InChI is InChI=1S/C23H19F2NO5/c1-2-31-23(30)13-5-8-15(9-6-13)26-19(16-10-7-14(24)11-17(16)25)18(21(28)22(26)29)20(27)12-3-4-12/h5-12,19,28H,2-4H2,1H3/t19-/m0/s1. The third-order valence-corrected chi connectivity index (χ3v) is 5.34. The van der Waals surface area contributed by atoms with E-state index in [-0.39, 0.29) is 34.9 Å². The van der Waals surface area contributed by atoms with Crippen LogP contribution in [-0.2, 0) is 14.3 Å². The summed E-state index contributed by atoms with van der Waals surface area (Å²) in [6.45, 7) is 1.87. The van der Waals surface area contributed by atoms with Crippen LogP contribution in [0.3, 0.4) is 0 Å². The molecule has 1 N–H and O–H groups in total. The number of aliphatic hydroxyl groups excluding tert-OH is 1. The van der Waals surface area contributed by atoms with Gasteiger partial charge in [0.25, 0.3) is 5.91 Å². The van der Waals surface area contributed by atoms with Crippen LogP contribution in [0.4, 0.5) is 14.5 Å². The van der Waals surface area contributed by atoms with Crippen molar-refractivity contribution >= 4 is 23.3 Å². The number of carbonyl (C=O) groups is 3. The fraction of sp³-hybridized carbons (Fsp3) is 0.261. The van der Waals surface area contributed by atoms with Crippen LogP contribution in [0.15, 0.2) is 53.8 Å². The van der Waals surface area contributed by atoms with Gasteiger partial charge in [0.1, 0.15) is 11.6 Å². The van der Waals surface area contributed by atoms with Gasteiger partial charge in [0.05, 0.1) is 23.8 Å². The molecule has 0 saturated heterocycles. The number of rotatable bonds is 6. The van der Waals surface area contributed by atoms with Crippen molar-refractivity contribution in [2.75, 3.05) is 11.5 Å². The minimum absolute atomic E-state index is 0.114. The van der Waals surface area contributed by atoms with Crippen LogP contribution < -0.4 is 4.90 Å². The Kier molecular flexibility index (Phi) is 5.31. The maximum atomic E-state index is 14.7. The first-order valence-electron chi connectivity index (χ1n) is 9.86. The van der Waals surface area contributed by atoms with E-state index >= 15 is 0 Å². The molecule has 2 aromatic rings. The number of anilines is 1. The van der Waals surface area contributed by atoms with E-state index in [0.717, 1.165) is 17.0 Å². The third kappa shape index (κ3) is 3.69. The van der Waals surface area contributed by atoms with Crippen LogP contribution in [0.1, 0.15) is 41.7 Å². The summed E-state index contributed by atoms with van der Waals surface area (Å²) >= 11 is 0. The lowest BCUT2D eigenvalue weighted by atomic mass is 9.93. The Hall–Kier alpha value is -3.55. The molecule has 8 heteroatoms. The molecular formula is C23H19F2NO5. The van der Waals surface area contributed by atoms with Crippen molar-refractivity contribution in [1.82, 2.24) is 0 Å². The van der Waals surface area contributed by atoms with Crippen molar-refractivity contribution < 1.29 is 33.0 Å². The molecule has 0 bridgehead atoms. The van der Waals surface area contributed by atoms with Gasteiger partial charge in [-0.25, -0.2) is 13.6 Å². The molecule has 0 aromatic heterocycles. The molecule has 0 unspecified atom stereocenters. The first kappa shape index (κ1) is 20.7. The van der Waals surface area contributed by atoms with E-state index in [9.17, 15) is 28.3 Å². The number of ether oxygens (including phenoxy) is 1. The summed E-state index contributed by atoms with van der Waals surface area (Å²) in [7, 11) is 0. The maximum absolute atomic E-state index is 14.7. The number of benzene rings is 2. The molecule has 1 fully saturated rings. The molecule has 2 aromatic carbocycles. The SMILES string of the molecule is CCOC(=O)c1ccc(N2C(=O)C(O)=C(C(=O)C3CC3)[C@@H]2c2ccc(F)cc2F)cc1. The number of halogens is 2. The second-order valence-electron chi connectivity index (χ2n) is 7.41. The van der Waals surface area contributed by atoms with Crippen molar-refractivity contribution in [2.45, 2.75) is 25.8 Å². The Labute approximate surface area is 176 Å². The third-order valence-electron chi connectivity index (χ3n) is 5.34. The van der Waals surface area contributed by atoms with E-state index in [1.54, 1.807) is 6.92 Å². The van der Waals surface area contributed by atoms with Crippen LogP contribution in [-0.4, -0.2) is 29.4 Å². The van der Waals surface area contributed by atoms with Gasteiger partial charge in [-0.1, -0.05) is 6.07 Å². The van der Waals surface area contributed by atoms with Gasteiger partial charge in [0, 0.05) is 23.2 Å². The molecule has 6 nitrogen and oxygen atoms in total. The molecule has 1 heterocycles. The summed E-state index contributed by atoms with van der Waals surface area (Å²) in [4.78, 5) is 38.8. The topological polar surface area (TPSA) is 83.9 Å². The Bertz CT molecular complexity index is 1110. The number of amides is 1. The van der Waals surface area contributed by atoms with Crippen molar-refractivity contribution in [3.8, 4) is 0 Å². The van der Waals surface area contributed by atoms with E-state index in [1.165, 1.54) is 24.3 Å². The Morgan fingerprint density at radius 2 is 1.81 bits per heavy atom. The molecule has 4 rings (SSSR count). The number of hydrogen-bond donors (Lipinski definition) is 1. The summed E-state index contributed by atoms with van der Waals surface area (Å²) in [5, 5.41) is 10.5. The Morgan fingerprint density at radius 1 is 1.13 bits per heavy atom. The van der Waals surface area contributed by atoms with Crippen LogP contribution >= 0.6 is 0 Å². The summed E-state index contributed by atoms with van der Waals surface area (Å²) < 4.78 is 33.1. The van der Waals surface area contributed by atoms with Crippen molar-refractivity contribution in [2.24, 2.45) is 5.92 Å². The molecule has 2 aliphatic rings. The van der Waals surface area contributed by atoms with E-state index in [4.69, 9.17) is 4.74 Å². The quantitative estimate of drug-likeness (QED) is 0.704. The van der Waals surface area contributed by atoms with Crippen LogP contribution in [0.25, 0.3) is 0 Å². The van der Waals surface area contributed by atoms with Crippen molar-refractivity contribution in [3.05, 3.63) is 76.6 Å². The molecular weight excluding hydrogens is 408 g/mol. The molecule has 1 atom stereocenters. The molecule has 0 spiro atoms. The summed E-state index contributed by atoms with van der Waals surface area (Å²) in [6, 6.07) is 7.33. The average Bonchev–Trinajstić information content (AvgIpc) is 3.55. The number of Topliss-reactive ketones (excluding diaryl/α,β-unsaturated/α-hetero) is 1. The van der Waals surface area contributed by atoms with E-state index in [2.05, 4.69) is 0 Å². The minimum Gasteiger partial charge on any atom is -0.503 e. The molecule has 0 radical (unpaired) electrons. The van der Waals surface area contributed by atoms with Crippen LogP contribution in [0, 0.1) is 17.6 Å². The van der Waals surface area contributed by atoms with Gasteiger partial charge < -0.3 is 9.84 Å². The smallest absolute Gasteiger partial charge is 0.338 e. The van der Waals surface area contributed by atoms with Crippen LogP contribution in [0.5, 0.6) is 0 Å². The second-order valence-corrected chi connectivity index (χ2v) is 7.41. The van der Waals surface area contributed by atoms with E-state index in [1.807, 2.05) is 0 Å². The number of ketones is 1. The normalized spacial score (nSPS) is 18.5. The number of nitrogens with zero attached hydrogens (tertiary/aromatic N) is 1. The zero-order chi connectivity index (χ0) is 22.3. The van der Waals surface area contributed by atoms with Gasteiger partial charge in [0.2, 0.25) is 0 Å². The average molecular weight is 427 g/mol. The zero-order valence-corrected chi connectivity index (χ0v) is 16.6. The predicted octanol–water partition coefficient (Wildman–Crippen LogP) is 4.02. The fourth-order valence-electron chi connectivity index (χ4n) is 3.68. The van der Waals surface area contributed by atoms with Gasteiger partial charge >= 0.3 is 5.97 Å². The molecule has 1 amide bonds. The first-order chi connectivity index (χ1) is 14.8. The predicted molar refractivity (Wildman–Crippen MR) is 106 cm³/mol. The summed E-state index contributed by atoms with van der Waals surface area (Å²) in [5.74, 6) is -4.68. The second kappa shape index (κ2) is 7.94. The van der Waals surface area contributed by atoms with Gasteiger partial charge in [-0.3, -0.25) is 14.5 Å². The first-order valence-corrected chi connectivity index (χ1v) is 9.86. The molecule has 31 heavy (non-hydrogen) atoms. The van der Waals surface area contributed by atoms with Gasteiger partial charge in [-0.2, -0.15) is 0 Å². The summed E-state index contributed by atoms with van der Waals surface area (Å²) in [6.07, 6.45) is 1.24. The lowest BCUT2D eigenvalue weighted by Crippen LogP contribution is -2.31. The van der Waals surface area contributed by atoms with Gasteiger partial charge in [0.15, 0.2) is 11.5 Å². The number of esters is 1. The highest BCUT2D eigenvalue weighted by Gasteiger charge is 2.48. The van der Waals surface area contributed by atoms with Gasteiger partial charge in [-0.05, 0) is 50.1 Å². The lowest BCUT2D eigenvalue weighted by Gasteiger charge is -2.27. The van der Waals surface area contributed by atoms with Crippen LogP contribution in [0.2, 0.25) is 0 Å². The highest BCUT2D eigenvalue weighted by molar-refractivity contribution is 6.17. The Balaban J connectivity index is 1.79. The molecule has 1 aliphatic heterocycles. The molecule has 1 saturated carbocycles. The van der Waals surface area contributed by atoms with E-state index in [0.29, 0.717) is 18.9 Å². The van der Waals surface area contributed by atoms with Crippen molar-refractivity contribution in [1.29, 1.82) is 0 Å². The fourth-order valence-corrected chi connectivity index (χ4v) is 3.68. The Morgan fingerprint density at radius 3 is 2.39 bits per heavy atom. The highest BCUT2D eigenvalue weighted by atomic mass is 19.1.